The Balaban J connectivity index is 1.69. The molecule has 1 aromatic heterocycles. The van der Waals surface area contributed by atoms with Gasteiger partial charge in [-0.25, -0.2) is 0 Å². The Hall–Kier alpha value is -1.65. The predicted octanol–water partition coefficient (Wildman–Crippen LogP) is 3.04. The molecule has 21 heavy (non-hydrogen) atoms. The summed E-state index contributed by atoms with van der Waals surface area (Å²) < 4.78 is 5.49. The van der Waals surface area contributed by atoms with Crippen LogP contribution in [-0.2, 0) is 6.54 Å². The molecule has 1 saturated heterocycles. The third kappa shape index (κ3) is 3.52. The van der Waals surface area contributed by atoms with E-state index in [0.29, 0.717) is 6.04 Å². The van der Waals surface area contributed by atoms with E-state index in [4.69, 9.17) is 10.3 Å². The van der Waals surface area contributed by atoms with Gasteiger partial charge < -0.3 is 10.3 Å². The van der Waals surface area contributed by atoms with Gasteiger partial charge in [0.15, 0.2) is 5.76 Å². The molecule has 2 aromatic rings. The summed E-state index contributed by atoms with van der Waals surface area (Å²) >= 11 is 0. The number of nitrogens with zero attached hydrogens (tertiary/aromatic N) is 2. The highest BCUT2D eigenvalue weighted by atomic mass is 16.5. The molecule has 4 nitrogen and oxygen atoms in total. The summed E-state index contributed by atoms with van der Waals surface area (Å²) in [5, 5.41) is 4.23. The summed E-state index contributed by atoms with van der Waals surface area (Å²) in [5.74, 6) is 0.845. The zero-order valence-corrected chi connectivity index (χ0v) is 12.4. The van der Waals surface area contributed by atoms with Crippen molar-refractivity contribution in [3.8, 4) is 11.3 Å². The van der Waals surface area contributed by atoms with Gasteiger partial charge in [-0.15, -0.1) is 0 Å². The Morgan fingerprint density at radius 1 is 1.24 bits per heavy atom. The molecule has 0 amide bonds. The third-order valence-corrected chi connectivity index (χ3v) is 4.23. The molecule has 1 aliphatic heterocycles. The smallest absolute Gasteiger partial charge is 0.167 e. The molecule has 0 spiro atoms. The minimum atomic E-state index is 0.598. The molecule has 0 bridgehead atoms. The molecule has 0 saturated carbocycles. The monoisotopic (exact) mass is 285 g/mol. The Bertz CT molecular complexity index is 550. The van der Waals surface area contributed by atoms with Crippen LogP contribution in [0.3, 0.4) is 0 Å². The molecule has 0 radical (unpaired) electrons. The fourth-order valence-corrected chi connectivity index (χ4v) is 3.12. The van der Waals surface area contributed by atoms with Crippen LogP contribution in [0.2, 0.25) is 0 Å². The second kappa shape index (κ2) is 6.87. The average molecular weight is 285 g/mol. The molecular weight excluding hydrogens is 262 g/mol. The molecule has 3 rings (SSSR count). The molecule has 112 valence electrons. The van der Waals surface area contributed by atoms with Gasteiger partial charge in [0.1, 0.15) is 0 Å². The predicted molar refractivity (Wildman–Crippen MR) is 83.7 cm³/mol. The standard InChI is InChI=1S/C17H23N3O/c18-10-9-16-8-4-5-11-20(16)13-15-12-17(21-19-15)14-6-2-1-3-7-14/h1-3,6-7,12,16H,4-5,8-11,13,18H2. The van der Waals surface area contributed by atoms with E-state index in [1.165, 1.54) is 19.3 Å². The maximum Gasteiger partial charge on any atom is 0.167 e. The SMILES string of the molecule is NCCC1CCCCN1Cc1cc(-c2ccccc2)on1. The van der Waals surface area contributed by atoms with E-state index < -0.39 is 0 Å². The van der Waals surface area contributed by atoms with Crippen LogP contribution in [0.4, 0.5) is 0 Å². The van der Waals surface area contributed by atoms with E-state index in [1.54, 1.807) is 0 Å². The number of likely N-dealkylation sites (tertiary alicyclic amines) is 1. The first-order chi connectivity index (χ1) is 10.4. The highest BCUT2D eigenvalue weighted by molar-refractivity contribution is 5.56. The summed E-state index contributed by atoms with van der Waals surface area (Å²) in [5.41, 5.74) is 7.82. The van der Waals surface area contributed by atoms with Crippen LogP contribution in [0, 0.1) is 0 Å². The zero-order valence-electron chi connectivity index (χ0n) is 12.4. The molecule has 1 fully saturated rings. The lowest BCUT2D eigenvalue weighted by atomic mass is 9.99. The van der Waals surface area contributed by atoms with Gasteiger partial charge in [0.25, 0.3) is 0 Å². The molecule has 1 atom stereocenters. The number of piperidine rings is 1. The van der Waals surface area contributed by atoms with Gasteiger partial charge in [0.2, 0.25) is 0 Å². The van der Waals surface area contributed by atoms with Gasteiger partial charge >= 0.3 is 0 Å². The fraction of sp³-hybridized carbons (Fsp3) is 0.471. The Morgan fingerprint density at radius 3 is 2.90 bits per heavy atom. The van der Waals surface area contributed by atoms with Crippen LogP contribution in [0.1, 0.15) is 31.4 Å². The van der Waals surface area contributed by atoms with E-state index >= 15 is 0 Å². The third-order valence-electron chi connectivity index (χ3n) is 4.23. The van der Waals surface area contributed by atoms with Crippen molar-refractivity contribution in [1.29, 1.82) is 0 Å². The van der Waals surface area contributed by atoms with Crippen LogP contribution < -0.4 is 5.73 Å². The number of aromatic nitrogens is 1. The number of rotatable bonds is 5. The van der Waals surface area contributed by atoms with E-state index in [1.807, 2.05) is 30.3 Å². The van der Waals surface area contributed by atoms with Crippen LogP contribution in [0.5, 0.6) is 0 Å². The van der Waals surface area contributed by atoms with E-state index in [9.17, 15) is 0 Å². The molecule has 4 heteroatoms. The Kier molecular flexibility index (Phi) is 4.68. The van der Waals surface area contributed by atoms with Crippen molar-refractivity contribution in [2.75, 3.05) is 13.1 Å². The van der Waals surface area contributed by atoms with Gasteiger partial charge in [0.05, 0.1) is 5.69 Å². The summed E-state index contributed by atoms with van der Waals surface area (Å²) in [6, 6.07) is 12.8. The minimum absolute atomic E-state index is 0.598. The highest BCUT2D eigenvalue weighted by Crippen LogP contribution is 2.24. The van der Waals surface area contributed by atoms with Crippen LogP contribution in [0.25, 0.3) is 11.3 Å². The maximum absolute atomic E-state index is 5.73. The average Bonchev–Trinajstić information content (AvgIpc) is 2.99. The maximum atomic E-state index is 5.73. The first kappa shape index (κ1) is 14.3. The highest BCUT2D eigenvalue weighted by Gasteiger charge is 2.22. The number of hydrogen-bond donors (Lipinski definition) is 1. The number of benzene rings is 1. The van der Waals surface area contributed by atoms with Gasteiger partial charge in [-0.2, -0.15) is 0 Å². The summed E-state index contributed by atoms with van der Waals surface area (Å²) in [6.45, 7) is 2.76. The van der Waals surface area contributed by atoms with Gasteiger partial charge in [-0.1, -0.05) is 41.9 Å². The van der Waals surface area contributed by atoms with Crippen LogP contribution >= 0.6 is 0 Å². The summed E-state index contributed by atoms with van der Waals surface area (Å²) in [7, 11) is 0. The second-order valence-electron chi connectivity index (χ2n) is 5.75. The number of nitrogens with two attached hydrogens (primary N) is 1. The van der Waals surface area contributed by atoms with Crippen molar-refractivity contribution >= 4 is 0 Å². The van der Waals surface area contributed by atoms with Crippen molar-refractivity contribution < 1.29 is 4.52 Å². The van der Waals surface area contributed by atoms with Crippen LogP contribution in [-0.4, -0.2) is 29.2 Å². The molecular formula is C17H23N3O. The quantitative estimate of drug-likeness (QED) is 0.917. The first-order valence-electron chi connectivity index (χ1n) is 7.82. The summed E-state index contributed by atoms with van der Waals surface area (Å²) in [4.78, 5) is 2.50. The lowest BCUT2D eigenvalue weighted by Gasteiger charge is -2.34. The van der Waals surface area contributed by atoms with Gasteiger partial charge in [0, 0.05) is 24.2 Å². The Morgan fingerprint density at radius 2 is 2.10 bits per heavy atom. The topological polar surface area (TPSA) is 55.3 Å². The molecule has 1 aromatic carbocycles. The fourth-order valence-electron chi connectivity index (χ4n) is 3.12. The minimum Gasteiger partial charge on any atom is -0.356 e. The molecule has 2 heterocycles. The van der Waals surface area contributed by atoms with Gasteiger partial charge in [-0.05, 0) is 32.4 Å². The van der Waals surface area contributed by atoms with Crippen molar-refractivity contribution in [1.82, 2.24) is 10.1 Å². The molecule has 1 unspecified atom stereocenters. The van der Waals surface area contributed by atoms with E-state index in [-0.39, 0.29) is 0 Å². The van der Waals surface area contributed by atoms with E-state index in [0.717, 1.165) is 43.1 Å². The Labute approximate surface area is 125 Å². The number of hydrogen-bond acceptors (Lipinski definition) is 4. The lowest BCUT2D eigenvalue weighted by molar-refractivity contribution is 0.131. The second-order valence-corrected chi connectivity index (χ2v) is 5.75. The van der Waals surface area contributed by atoms with E-state index in [2.05, 4.69) is 16.1 Å². The lowest BCUT2D eigenvalue weighted by Crippen LogP contribution is -2.40. The van der Waals surface area contributed by atoms with Crippen molar-refractivity contribution in [3.05, 3.63) is 42.1 Å². The largest absolute Gasteiger partial charge is 0.356 e. The summed E-state index contributed by atoms with van der Waals surface area (Å²) in [6.07, 6.45) is 4.91. The molecule has 2 N–H and O–H groups in total. The molecule has 0 aliphatic carbocycles. The van der Waals surface area contributed by atoms with Gasteiger partial charge in [-0.3, -0.25) is 4.90 Å². The normalized spacial score (nSPS) is 19.8. The van der Waals surface area contributed by atoms with Crippen molar-refractivity contribution in [3.63, 3.8) is 0 Å². The molecule has 1 aliphatic rings. The first-order valence-corrected chi connectivity index (χ1v) is 7.82. The van der Waals surface area contributed by atoms with Crippen LogP contribution in [0.15, 0.2) is 40.9 Å². The van der Waals surface area contributed by atoms with Crippen molar-refractivity contribution in [2.45, 2.75) is 38.3 Å². The van der Waals surface area contributed by atoms with Crippen molar-refractivity contribution in [2.24, 2.45) is 5.73 Å². The zero-order chi connectivity index (χ0) is 14.5.